The number of hydrogen-bond acceptors (Lipinski definition) is 5. The lowest BCUT2D eigenvalue weighted by atomic mass is 10.2. The summed E-state index contributed by atoms with van der Waals surface area (Å²) < 4.78 is 0. The maximum atomic E-state index is 10.9. The molecule has 2 atom stereocenters. The Kier molecular flexibility index (Phi) is 4.52. The Bertz CT molecular complexity index is 467. The fourth-order valence-electron chi connectivity index (χ4n) is 2.36. The van der Waals surface area contributed by atoms with Crippen molar-refractivity contribution in [2.45, 2.75) is 37.5 Å². The van der Waals surface area contributed by atoms with Crippen molar-refractivity contribution in [1.29, 1.82) is 0 Å². The standard InChI is InChI=1S/C13H19N3O2S/c1-2-19-9-4-3-8(7-9)15-12-10(14)5-6-11(16-12)13(17)18/h5-6,8-9H,2-4,7,14H2,1H3,(H,15,16)(H,17,18). The number of nitrogen functional groups attached to an aromatic ring is 1. The predicted molar refractivity (Wildman–Crippen MR) is 78.8 cm³/mol. The van der Waals surface area contributed by atoms with Crippen molar-refractivity contribution < 1.29 is 9.90 Å². The van der Waals surface area contributed by atoms with E-state index in [9.17, 15) is 4.79 Å². The molecular weight excluding hydrogens is 262 g/mol. The summed E-state index contributed by atoms with van der Waals surface area (Å²) in [6.45, 7) is 2.17. The molecule has 0 aromatic carbocycles. The molecule has 0 spiro atoms. The fourth-order valence-corrected chi connectivity index (χ4v) is 3.50. The number of carboxylic acid groups (broad SMARTS) is 1. The zero-order valence-electron chi connectivity index (χ0n) is 10.9. The van der Waals surface area contributed by atoms with Gasteiger partial charge in [-0.05, 0) is 37.1 Å². The molecule has 104 valence electrons. The molecule has 1 heterocycles. The quantitative estimate of drug-likeness (QED) is 0.768. The Hall–Kier alpha value is -1.43. The van der Waals surface area contributed by atoms with Crippen LogP contribution in [0.2, 0.25) is 0 Å². The Balaban J connectivity index is 2.03. The smallest absolute Gasteiger partial charge is 0.354 e. The summed E-state index contributed by atoms with van der Waals surface area (Å²) >= 11 is 1.98. The van der Waals surface area contributed by atoms with Crippen LogP contribution in [0.25, 0.3) is 0 Å². The molecule has 6 heteroatoms. The van der Waals surface area contributed by atoms with Gasteiger partial charge in [-0.15, -0.1) is 0 Å². The number of thioether (sulfide) groups is 1. The van der Waals surface area contributed by atoms with Crippen LogP contribution in [-0.2, 0) is 0 Å². The first-order valence-electron chi connectivity index (χ1n) is 6.48. The average molecular weight is 281 g/mol. The van der Waals surface area contributed by atoms with Crippen molar-refractivity contribution in [3.05, 3.63) is 17.8 Å². The second kappa shape index (κ2) is 6.14. The van der Waals surface area contributed by atoms with E-state index in [0.29, 0.717) is 22.8 Å². The molecular formula is C13H19N3O2S. The molecule has 1 aromatic rings. The van der Waals surface area contributed by atoms with Crippen LogP contribution in [0.3, 0.4) is 0 Å². The van der Waals surface area contributed by atoms with Gasteiger partial charge in [0.25, 0.3) is 0 Å². The molecule has 5 nitrogen and oxygen atoms in total. The third-order valence-corrected chi connectivity index (χ3v) is 4.51. The summed E-state index contributed by atoms with van der Waals surface area (Å²) in [5.41, 5.74) is 6.36. The van der Waals surface area contributed by atoms with E-state index in [-0.39, 0.29) is 5.69 Å². The topological polar surface area (TPSA) is 88.2 Å². The predicted octanol–water partition coefficient (Wildman–Crippen LogP) is 2.45. The van der Waals surface area contributed by atoms with Gasteiger partial charge >= 0.3 is 5.97 Å². The number of aromatic carboxylic acids is 1. The Morgan fingerprint density at radius 3 is 3.05 bits per heavy atom. The van der Waals surface area contributed by atoms with Gasteiger partial charge in [-0.2, -0.15) is 11.8 Å². The summed E-state index contributed by atoms with van der Waals surface area (Å²) in [6.07, 6.45) is 3.35. The van der Waals surface area contributed by atoms with Gasteiger partial charge in [-0.25, -0.2) is 9.78 Å². The fraction of sp³-hybridized carbons (Fsp3) is 0.538. The zero-order chi connectivity index (χ0) is 13.8. The van der Waals surface area contributed by atoms with Gasteiger partial charge in [0.2, 0.25) is 0 Å². The Morgan fingerprint density at radius 2 is 2.37 bits per heavy atom. The van der Waals surface area contributed by atoms with Crippen molar-refractivity contribution in [1.82, 2.24) is 4.98 Å². The average Bonchev–Trinajstić information content (AvgIpc) is 2.80. The van der Waals surface area contributed by atoms with Crippen LogP contribution in [0.15, 0.2) is 12.1 Å². The molecule has 0 bridgehead atoms. The molecule has 19 heavy (non-hydrogen) atoms. The van der Waals surface area contributed by atoms with Crippen LogP contribution in [-0.4, -0.2) is 33.1 Å². The summed E-state index contributed by atoms with van der Waals surface area (Å²) in [6, 6.07) is 3.35. The highest BCUT2D eigenvalue weighted by Gasteiger charge is 2.25. The van der Waals surface area contributed by atoms with E-state index in [1.54, 1.807) is 6.07 Å². The van der Waals surface area contributed by atoms with Crippen molar-refractivity contribution in [3.63, 3.8) is 0 Å². The first kappa shape index (κ1) is 14.0. The van der Waals surface area contributed by atoms with E-state index in [1.165, 1.54) is 12.5 Å². The molecule has 4 N–H and O–H groups in total. The molecule has 0 aliphatic heterocycles. The van der Waals surface area contributed by atoms with Gasteiger partial charge in [-0.3, -0.25) is 0 Å². The number of hydrogen-bond donors (Lipinski definition) is 3. The van der Waals surface area contributed by atoms with Gasteiger partial charge in [0.1, 0.15) is 5.82 Å². The van der Waals surface area contributed by atoms with Crippen LogP contribution in [0, 0.1) is 0 Å². The highest BCUT2D eigenvalue weighted by molar-refractivity contribution is 7.99. The van der Waals surface area contributed by atoms with Crippen LogP contribution in [0.4, 0.5) is 11.5 Å². The molecule has 0 radical (unpaired) electrons. The van der Waals surface area contributed by atoms with Gasteiger partial charge in [0.05, 0.1) is 5.69 Å². The molecule has 1 saturated carbocycles. The Morgan fingerprint density at radius 1 is 1.58 bits per heavy atom. The number of nitrogens with one attached hydrogen (secondary N) is 1. The number of nitrogens with two attached hydrogens (primary N) is 1. The monoisotopic (exact) mass is 281 g/mol. The van der Waals surface area contributed by atoms with Gasteiger partial charge in [-0.1, -0.05) is 6.92 Å². The van der Waals surface area contributed by atoms with Crippen LogP contribution < -0.4 is 11.1 Å². The number of pyridine rings is 1. The first-order valence-corrected chi connectivity index (χ1v) is 7.53. The lowest BCUT2D eigenvalue weighted by Gasteiger charge is -2.15. The lowest BCUT2D eigenvalue weighted by Crippen LogP contribution is -2.19. The number of carboxylic acids is 1. The van der Waals surface area contributed by atoms with Crippen LogP contribution in [0.1, 0.15) is 36.7 Å². The third-order valence-electron chi connectivity index (χ3n) is 3.27. The maximum absolute atomic E-state index is 10.9. The Labute approximate surface area is 117 Å². The molecule has 1 aromatic heterocycles. The molecule has 1 aliphatic rings. The van der Waals surface area contributed by atoms with Gasteiger partial charge in [0, 0.05) is 11.3 Å². The van der Waals surface area contributed by atoms with E-state index < -0.39 is 5.97 Å². The van der Waals surface area contributed by atoms with Crippen LogP contribution in [0.5, 0.6) is 0 Å². The normalized spacial score (nSPS) is 22.4. The molecule has 1 fully saturated rings. The van der Waals surface area contributed by atoms with Crippen LogP contribution >= 0.6 is 11.8 Å². The van der Waals surface area contributed by atoms with Crippen molar-refractivity contribution in [2.24, 2.45) is 0 Å². The number of nitrogens with zero attached hydrogens (tertiary/aromatic N) is 1. The molecule has 2 rings (SSSR count). The van der Waals surface area contributed by atoms with E-state index in [1.807, 2.05) is 11.8 Å². The number of aromatic nitrogens is 1. The molecule has 0 saturated heterocycles. The van der Waals surface area contributed by atoms with E-state index in [2.05, 4.69) is 17.2 Å². The summed E-state index contributed by atoms with van der Waals surface area (Å²) in [5.74, 6) is 0.590. The van der Waals surface area contributed by atoms with Crippen molar-refractivity contribution in [2.75, 3.05) is 16.8 Å². The first-order chi connectivity index (χ1) is 9.10. The van der Waals surface area contributed by atoms with E-state index in [4.69, 9.17) is 10.8 Å². The molecule has 1 aliphatic carbocycles. The second-order valence-corrected chi connectivity index (χ2v) is 6.25. The minimum atomic E-state index is -1.03. The summed E-state index contributed by atoms with van der Waals surface area (Å²) in [7, 11) is 0. The lowest BCUT2D eigenvalue weighted by molar-refractivity contribution is 0.0690. The van der Waals surface area contributed by atoms with E-state index in [0.717, 1.165) is 18.6 Å². The summed E-state index contributed by atoms with van der Waals surface area (Å²) in [5, 5.41) is 12.9. The SMILES string of the molecule is CCSC1CCC(Nc2nc(C(=O)O)ccc2N)C1. The zero-order valence-corrected chi connectivity index (χ0v) is 11.7. The van der Waals surface area contributed by atoms with E-state index >= 15 is 0 Å². The number of rotatable bonds is 5. The van der Waals surface area contributed by atoms with Gasteiger partial charge in [0.15, 0.2) is 5.69 Å². The number of anilines is 2. The number of carbonyl (C=O) groups is 1. The van der Waals surface area contributed by atoms with Gasteiger partial charge < -0.3 is 16.2 Å². The third kappa shape index (κ3) is 3.53. The highest BCUT2D eigenvalue weighted by atomic mass is 32.2. The second-order valence-electron chi connectivity index (χ2n) is 4.67. The molecule has 2 unspecified atom stereocenters. The van der Waals surface area contributed by atoms with Crippen molar-refractivity contribution in [3.8, 4) is 0 Å². The minimum absolute atomic E-state index is 0.0224. The maximum Gasteiger partial charge on any atom is 0.354 e. The minimum Gasteiger partial charge on any atom is -0.477 e. The summed E-state index contributed by atoms with van der Waals surface area (Å²) in [4.78, 5) is 15.0. The largest absolute Gasteiger partial charge is 0.477 e. The molecule has 0 amide bonds. The van der Waals surface area contributed by atoms with Crippen molar-refractivity contribution >= 4 is 29.2 Å². The highest BCUT2D eigenvalue weighted by Crippen LogP contribution is 2.32.